The molecule has 80 valence electrons. The molecule has 0 radical (unpaired) electrons. The molecule has 0 atom stereocenters. The number of aromatic nitrogens is 1. The van der Waals surface area contributed by atoms with E-state index in [0.717, 1.165) is 17.1 Å². The highest BCUT2D eigenvalue weighted by molar-refractivity contribution is 5.80. The maximum absolute atomic E-state index is 8.37. The molecule has 1 aromatic heterocycles. The Bertz CT molecular complexity index is 465. The number of anilines is 2. The van der Waals surface area contributed by atoms with Crippen LogP contribution in [0.5, 0.6) is 0 Å². The number of nitrogens with zero attached hydrogens (tertiary/aromatic N) is 2. The fourth-order valence-corrected chi connectivity index (χ4v) is 1.30. The molecular formula is C12H11N3O. The molecule has 0 saturated heterocycles. The molecule has 0 aliphatic rings. The van der Waals surface area contributed by atoms with Crippen molar-refractivity contribution in [3.8, 4) is 0 Å². The van der Waals surface area contributed by atoms with Crippen LogP contribution in [-0.2, 0) is 0 Å². The summed E-state index contributed by atoms with van der Waals surface area (Å²) in [4.78, 5) is 4.16. The van der Waals surface area contributed by atoms with Gasteiger partial charge in [0.2, 0.25) is 0 Å². The Morgan fingerprint density at radius 3 is 2.56 bits per heavy atom. The van der Waals surface area contributed by atoms with Crippen molar-refractivity contribution in [3.63, 3.8) is 0 Å². The van der Waals surface area contributed by atoms with E-state index in [4.69, 9.17) is 5.21 Å². The van der Waals surface area contributed by atoms with Gasteiger partial charge in [0.05, 0.1) is 6.21 Å². The number of hydrogen-bond acceptors (Lipinski definition) is 4. The van der Waals surface area contributed by atoms with Gasteiger partial charge in [-0.3, -0.25) is 0 Å². The topological polar surface area (TPSA) is 57.5 Å². The van der Waals surface area contributed by atoms with Crippen LogP contribution in [0.1, 0.15) is 5.56 Å². The number of benzene rings is 1. The Balaban J connectivity index is 2.11. The lowest BCUT2D eigenvalue weighted by Crippen LogP contribution is -1.92. The largest absolute Gasteiger partial charge is 0.411 e. The third-order valence-corrected chi connectivity index (χ3v) is 2.05. The van der Waals surface area contributed by atoms with Gasteiger partial charge < -0.3 is 10.5 Å². The van der Waals surface area contributed by atoms with Crippen LogP contribution in [0.25, 0.3) is 0 Å². The maximum Gasteiger partial charge on any atom is 0.130 e. The van der Waals surface area contributed by atoms with Crippen molar-refractivity contribution in [2.24, 2.45) is 5.16 Å². The minimum atomic E-state index is 0.797. The number of rotatable bonds is 3. The summed E-state index contributed by atoms with van der Waals surface area (Å²) in [5, 5.41) is 14.5. The van der Waals surface area contributed by atoms with E-state index in [1.165, 1.54) is 6.21 Å². The molecule has 16 heavy (non-hydrogen) atoms. The quantitative estimate of drug-likeness (QED) is 0.468. The van der Waals surface area contributed by atoms with Crippen molar-refractivity contribution in [2.45, 2.75) is 0 Å². The molecule has 4 heteroatoms. The SMILES string of the molecule is O/N=C/c1ccc(Nc2ccccn2)cc1. The number of oxime groups is 1. The molecule has 0 spiro atoms. The van der Waals surface area contributed by atoms with Gasteiger partial charge in [-0.2, -0.15) is 0 Å². The zero-order chi connectivity index (χ0) is 11.2. The Morgan fingerprint density at radius 2 is 1.94 bits per heavy atom. The highest BCUT2D eigenvalue weighted by Gasteiger charge is 1.94. The van der Waals surface area contributed by atoms with Crippen LogP contribution in [-0.4, -0.2) is 16.4 Å². The van der Waals surface area contributed by atoms with Crippen molar-refractivity contribution in [1.82, 2.24) is 4.98 Å². The van der Waals surface area contributed by atoms with Crippen LogP contribution in [0.15, 0.2) is 53.8 Å². The van der Waals surface area contributed by atoms with Gasteiger partial charge >= 0.3 is 0 Å². The van der Waals surface area contributed by atoms with Gasteiger partial charge in [-0.05, 0) is 29.8 Å². The van der Waals surface area contributed by atoms with E-state index in [0.29, 0.717) is 0 Å². The van der Waals surface area contributed by atoms with Crippen LogP contribution < -0.4 is 5.32 Å². The number of hydrogen-bond donors (Lipinski definition) is 2. The normalized spacial score (nSPS) is 10.5. The summed E-state index contributed by atoms with van der Waals surface area (Å²) in [5.41, 5.74) is 1.78. The van der Waals surface area contributed by atoms with Gasteiger partial charge in [0.1, 0.15) is 5.82 Å². The first-order valence-corrected chi connectivity index (χ1v) is 4.84. The molecule has 0 bridgehead atoms. The number of pyridine rings is 1. The summed E-state index contributed by atoms with van der Waals surface area (Å²) in [7, 11) is 0. The molecule has 0 fully saturated rings. The van der Waals surface area contributed by atoms with Crippen LogP contribution in [0.2, 0.25) is 0 Å². The Kier molecular flexibility index (Phi) is 3.13. The average molecular weight is 213 g/mol. The van der Waals surface area contributed by atoms with Gasteiger partial charge in [0.25, 0.3) is 0 Å². The monoisotopic (exact) mass is 213 g/mol. The Labute approximate surface area is 93.3 Å². The van der Waals surface area contributed by atoms with Gasteiger partial charge in [-0.25, -0.2) is 4.98 Å². The van der Waals surface area contributed by atoms with E-state index in [1.54, 1.807) is 6.20 Å². The number of nitrogens with one attached hydrogen (secondary N) is 1. The third kappa shape index (κ3) is 2.57. The van der Waals surface area contributed by atoms with E-state index < -0.39 is 0 Å². The van der Waals surface area contributed by atoms with E-state index >= 15 is 0 Å². The van der Waals surface area contributed by atoms with Crippen LogP contribution in [0.4, 0.5) is 11.5 Å². The first kappa shape index (κ1) is 10.2. The minimum absolute atomic E-state index is 0.797. The van der Waals surface area contributed by atoms with E-state index in [2.05, 4.69) is 15.5 Å². The summed E-state index contributed by atoms with van der Waals surface area (Å²) in [6.45, 7) is 0. The standard InChI is InChI=1S/C12H11N3O/c16-14-9-10-4-6-11(7-5-10)15-12-3-1-2-8-13-12/h1-9,16H,(H,13,15)/b14-9+. The van der Waals surface area contributed by atoms with E-state index in [-0.39, 0.29) is 0 Å². The second kappa shape index (κ2) is 4.93. The molecule has 2 aromatic rings. The molecule has 1 heterocycles. The molecule has 0 unspecified atom stereocenters. The predicted octanol–water partition coefficient (Wildman–Crippen LogP) is 2.63. The fraction of sp³-hybridized carbons (Fsp3) is 0. The molecule has 0 aliphatic heterocycles. The summed E-state index contributed by atoms with van der Waals surface area (Å²) in [6, 6.07) is 13.2. The van der Waals surface area contributed by atoms with E-state index in [1.807, 2.05) is 42.5 Å². The second-order valence-electron chi connectivity index (χ2n) is 3.21. The highest BCUT2D eigenvalue weighted by Crippen LogP contribution is 2.13. The van der Waals surface area contributed by atoms with Crippen molar-refractivity contribution in [2.75, 3.05) is 5.32 Å². The molecule has 2 rings (SSSR count). The van der Waals surface area contributed by atoms with E-state index in [9.17, 15) is 0 Å². The molecule has 0 saturated carbocycles. The smallest absolute Gasteiger partial charge is 0.130 e. The molecule has 0 amide bonds. The van der Waals surface area contributed by atoms with Gasteiger partial charge in [0.15, 0.2) is 0 Å². The Hall–Kier alpha value is -2.36. The summed E-state index contributed by atoms with van der Waals surface area (Å²) >= 11 is 0. The molecule has 2 N–H and O–H groups in total. The summed E-state index contributed by atoms with van der Waals surface area (Å²) in [5.74, 6) is 0.797. The predicted molar refractivity (Wildman–Crippen MR) is 63.3 cm³/mol. The molecule has 0 aliphatic carbocycles. The fourth-order valence-electron chi connectivity index (χ4n) is 1.30. The molecular weight excluding hydrogens is 202 g/mol. The maximum atomic E-state index is 8.37. The van der Waals surface area contributed by atoms with Crippen LogP contribution >= 0.6 is 0 Å². The lowest BCUT2D eigenvalue weighted by Gasteiger charge is -2.04. The highest BCUT2D eigenvalue weighted by atomic mass is 16.4. The van der Waals surface area contributed by atoms with Crippen molar-refractivity contribution < 1.29 is 5.21 Å². The molecule has 1 aromatic carbocycles. The van der Waals surface area contributed by atoms with Crippen LogP contribution in [0, 0.1) is 0 Å². The summed E-state index contributed by atoms with van der Waals surface area (Å²) in [6.07, 6.45) is 3.11. The zero-order valence-corrected chi connectivity index (χ0v) is 8.54. The van der Waals surface area contributed by atoms with Crippen molar-refractivity contribution >= 4 is 17.7 Å². The molecule has 4 nitrogen and oxygen atoms in total. The first-order valence-electron chi connectivity index (χ1n) is 4.84. The zero-order valence-electron chi connectivity index (χ0n) is 8.54. The second-order valence-corrected chi connectivity index (χ2v) is 3.21. The van der Waals surface area contributed by atoms with Crippen molar-refractivity contribution in [3.05, 3.63) is 54.2 Å². The lowest BCUT2D eigenvalue weighted by atomic mass is 10.2. The van der Waals surface area contributed by atoms with Gasteiger partial charge in [0, 0.05) is 11.9 Å². The van der Waals surface area contributed by atoms with Gasteiger partial charge in [-0.1, -0.05) is 23.4 Å². The average Bonchev–Trinajstić information content (AvgIpc) is 2.33. The lowest BCUT2D eigenvalue weighted by molar-refractivity contribution is 0.322. The van der Waals surface area contributed by atoms with Crippen LogP contribution in [0.3, 0.4) is 0 Å². The summed E-state index contributed by atoms with van der Waals surface area (Å²) < 4.78 is 0. The Morgan fingerprint density at radius 1 is 1.12 bits per heavy atom. The van der Waals surface area contributed by atoms with Crippen molar-refractivity contribution in [1.29, 1.82) is 0 Å². The van der Waals surface area contributed by atoms with Gasteiger partial charge in [-0.15, -0.1) is 0 Å². The minimum Gasteiger partial charge on any atom is -0.411 e. The first-order chi connectivity index (χ1) is 7.88. The third-order valence-electron chi connectivity index (χ3n) is 2.05.